The van der Waals surface area contributed by atoms with Gasteiger partial charge in [0, 0.05) is 0 Å². The average Bonchev–Trinajstić information content (AvgIpc) is 2.78. The highest BCUT2D eigenvalue weighted by Gasteiger charge is 2.24. The molecular weight excluding hydrogens is 282 g/mol. The molecule has 2 aromatic rings. The average molecular weight is 290 g/mol. The minimum atomic E-state index is -0.825. The molecule has 0 aliphatic rings. The summed E-state index contributed by atoms with van der Waals surface area (Å²) in [4.78, 5) is 12.1. The lowest BCUT2D eigenvalue weighted by molar-refractivity contribution is 0.0950. The zero-order valence-electron chi connectivity index (χ0n) is 8.76. The molecule has 2 rings (SSSR count). The highest BCUT2D eigenvalue weighted by Crippen LogP contribution is 2.23. The Morgan fingerprint density at radius 3 is 2.47 bits per heavy atom. The Kier molecular flexibility index (Phi) is 3.40. The maximum atomic E-state index is 12.1. The van der Waals surface area contributed by atoms with Crippen LogP contribution >= 0.6 is 15.9 Å². The zero-order chi connectivity index (χ0) is 12.3. The van der Waals surface area contributed by atoms with Crippen LogP contribution < -0.4 is 0 Å². The molecule has 0 aliphatic heterocycles. The van der Waals surface area contributed by atoms with Gasteiger partial charge in [0.15, 0.2) is 10.4 Å². The summed E-state index contributed by atoms with van der Waals surface area (Å²) < 4.78 is 5.64. The molecule has 0 aliphatic carbocycles. The van der Waals surface area contributed by atoms with Crippen molar-refractivity contribution in [3.63, 3.8) is 0 Å². The molecule has 0 fully saturated rings. The van der Waals surface area contributed by atoms with Crippen molar-refractivity contribution in [1.29, 1.82) is 5.26 Å². The second kappa shape index (κ2) is 4.98. The van der Waals surface area contributed by atoms with Crippen LogP contribution in [0.5, 0.6) is 0 Å². The van der Waals surface area contributed by atoms with E-state index in [-0.39, 0.29) is 11.5 Å². The Bertz CT molecular complexity index is 569. The van der Waals surface area contributed by atoms with E-state index in [4.69, 9.17) is 9.68 Å². The van der Waals surface area contributed by atoms with E-state index in [1.807, 2.05) is 12.1 Å². The van der Waals surface area contributed by atoms with Gasteiger partial charge in [0.1, 0.15) is 5.92 Å². The van der Waals surface area contributed by atoms with Crippen LogP contribution in [0.2, 0.25) is 0 Å². The summed E-state index contributed by atoms with van der Waals surface area (Å²) in [5.41, 5.74) is 0.674. The molecule has 1 atom stereocenters. The molecule has 84 valence electrons. The van der Waals surface area contributed by atoms with Crippen molar-refractivity contribution < 1.29 is 9.21 Å². The van der Waals surface area contributed by atoms with Gasteiger partial charge in [0.25, 0.3) is 0 Å². The van der Waals surface area contributed by atoms with Gasteiger partial charge >= 0.3 is 0 Å². The van der Waals surface area contributed by atoms with Gasteiger partial charge in [-0.1, -0.05) is 30.3 Å². The SMILES string of the molecule is N#CC(C(=O)c1ccc(Br)o1)c1ccccc1. The summed E-state index contributed by atoms with van der Waals surface area (Å²) in [6.07, 6.45) is 0. The number of benzene rings is 1. The predicted octanol–water partition coefficient (Wildman–Crippen LogP) is 3.53. The lowest BCUT2D eigenvalue weighted by atomic mass is 9.95. The first-order valence-electron chi connectivity index (χ1n) is 4.96. The molecule has 3 nitrogen and oxygen atoms in total. The van der Waals surface area contributed by atoms with E-state index in [0.29, 0.717) is 10.2 Å². The molecule has 17 heavy (non-hydrogen) atoms. The second-order valence-electron chi connectivity index (χ2n) is 3.44. The topological polar surface area (TPSA) is 54.0 Å². The molecule has 1 heterocycles. The summed E-state index contributed by atoms with van der Waals surface area (Å²) in [5.74, 6) is -0.967. The molecular formula is C13H8BrNO2. The first kappa shape index (κ1) is 11.6. The molecule has 0 amide bonds. The van der Waals surface area contributed by atoms with Gasteiger partial charge in [-0.25, -0.2) is 0 Å². The van der Waals surface area contributed by atoms with Gasteiger partial charge in [-0.2, -0.15) is 5.26 Å². The monoisotopic (exact) mass is 289 g/mol. The van der Waals surface area contributed by atoms with Crippen LogP contribution in [0.15, 0.2) is 51.6 Å². The summed E-state index contributed by atoms with van der Waals surface area (Å²) in [6.45, 7) is 0. The van der Waals surface area contributed by atoms with Crippen LogP contribution in [0.4, 0.5) is 0 Å². The maximum Gasteiger partial charge on any atom is 0.219 e. The van der Waals surface area contributed by atoms with Gasteiger partial charge < -0.3 is 4.42 Å². The van der Waals surface area contributed by atoms with Crippen molar-refractivity contribution in [2.75, 3.05) is 0 Å². The van der Waals surface area contributed by atoms with Crippen LogP contribution in [-0.2, 0) is 0 Å². The second-order valence-corrected chi connectivity index (χ2v) is 4.22. The van der Waals surface area contributed by atoms with Crippen molar-refractivity contribution in [2.24, 2.45) is 0 Å². The molecule has 0 spiro atoms. The van der Waals surface area contributed by atoms with E-state index >= 15 is 0 Å². The number of Topliss-reactive ketones (excluding diaryl/α,β-unsaturated/α-hetero) is 1. The Morgan fingerprint density at radius 2 is 1.94 bits per heavy atom. The number of carbonyl (C=O) groups is 1. The van der Waals surface area contributed by atoms with Gasteiger partial charge in [-0.15, -0.1) is 0 Å². The minimum absolute atomic E-state index is 0.187. The quantitative estimate of drug-likeness (QED) is 0.812. The summed E-state index contributed by atoms with van der Waals surface area (Å²) in [7, 11) is 0. The lowest BCUT2D eigenvalue weighted by Gasteiger charge is -2.05. The van der Waals surface area contributed by atoms with E-state index < -0.39 is 5.92 Å². The van der Waals surface area contributed by atoms with Gasteiger partial charge in [-0.05, 0) is 33.6 Å². The van der Waals surface area contributed by atoms with Crippen LogP contribution in [0.25, 0.3) is 0 Å². The molecule has 0 radical (unpaired) electrons. The van der Waals surface area contributed by atoms with E-state index in [1.165, 1.54) is 0 Å². The fourth-order valence-electron chi connectivity index (χ4n) is 1.52. The van der Waals surface area contributed by atoms with Gasteiger partial charge in [-0.3, -0.25) is 4.79 Å². The van der Waals surface area contributed by atoms with Crippen molar-refractivity contribution in [3.05, 3.63) is 58.5 Å². The minimum Gasteiger partial charge on any atom is -0.446 e. The molecule has 0 saturated carbocycles. The molecule has 4 heteroatoms. The maximum absolute atomic E-state index is 12.1. The van der Waals surface area contributed by atoms with Crippen LogP contribution in [-0.4, -0.2) is 5.78 Å². The summed E-state index contributed by atoms with van der Waals surface area (Å²) in [6, 6.07) is 14.1. The summed E-state index contributed by atoms with van der Waals surface area (Å²) in [5, 5.41) is 9.09. The molecule has 1 aromatic heterocycles. The molecule has 0 N–H and O–H groups in total. The lowest BCUT2D eigenvalue weighted by Crippen LogP contribution is -2.10. The molecule has 0 saturated heterocycles. The Hall–Kier alpha value is -1.86. The Labute approximate surface area is 107 Å². The molecule has 1 aromatic carbocycles. The van der Waals surface area contributed by atoms with E-state index in [9.17, 15) is 4.79 Å². The standard InChI is InChI=1S/C13H8BrNO2/c14-12-7-6-11(17-12)13(16)10(8-15)9-4-2-1-3-5-9/h1-7,10H. The first-order chi connectivity index (χ1) is 8.22. The number of rotatable bonds is 3. The predicted molar refractivity (Wildman–Crippen MR) is 65.5 cm³/mol. The third kappa shape index (κ3) is 2.45. The van der Waals surface area contributed by atoms with Crippen molar-refractivity contribution in [2.45, 2.75) is 5.92 Å². The third-order valence-electron chi connectivity index (χ3n) is 2.34. The van der Waals surface area contributed by atoms with Crippen molar-refractivity contribution in [1.82, 2.24) is 0 Å². The number of nitrogens with zero attached hydrogens (tertiary/aromatic N) is 1. The molecule has 0 bridgehead atoms. The van der Waals surface area contributed by atoms with Gasteiger partial charge in [0.05, 0.1) is 6.07 Å². The summed E-state index contributed by atoms with van der Waals surface area (Å²) >= 11 is 3.13. The number of hydrogen-bond acceptors (Lipinski definition) is 3. The van der Waals surface area contributed by atoms with Crippen molar-refractivity contribution in [3.8, 4) is 6.07 Å². The zero-order valence-corrected chi connectivity index (χ0v) is 10.3. The Balaban J connectivity index is 2.32. The third-order valence-corrected chi connectivity index (χ3v) is 2.77. The first-order valence-corrected chi connectivity index (χ1v) is 5.76. The van der Waals surface area contributed by atoms with E-state index in [0.717, 1.165) is 0 Å². The van der Waals surface area contributed by atoms with E-state index in [2.05, 4.69) is 15.9 Å². The highest BCUT2D eigenvalue weighted by atomic mass is 79.9. The molecule has 1 unspecified atom stereocenters. The number of halogens is 1. The van der Waals surface area contributed by atoms with Crippen LogP contribution in [0, 0.1) is 11.3 Å². The number of furan rings is 1. The Morgan fingerprint density at radius 1 is 1.24 bits per heavy atom. The van der Waals surface area contributed by atoms with E-state index in [1.54, 1.807) is 36.4 Å². The largest absolute Gasteiger partial charge is 0.446 e. The number of nitriles is 1. The fourth-order valence-corrected chi connectivity index (χ4v) is 1.83. The fraction of sp³-hybridized carbons (Fsp3) is 0.0769. The smallest absolute Gasteiger partial charge is 0.219 e. The van der Waals surface area contributed by atoms with Crippen LogP contribution in [0.3, 0.4) is 0 Å². The highest BCUT2D eigenvalue weighted by molar-refractivity contribution is 9.10. The number of carbonyl (C=O) groups excluding carboxylic acids is 1. The van der Waals surface area contributed by atoms with Crippen molar-refractivity contribution >= 4 is 21.7 Å². The normalized spacial score (nSPS) is 11.8. The number of hydrogen-bond donors (Lipinski definition) is 0. The number of ketones is 1. The van der Waals surface area contributed by atoms with Gasteiger partial charge in [0.2, 0.25) is 5.78 Å². The van der Waals surface area contributed by atoms with Crippen LogP contribution in [0.1, 0.15) is 22.0 Å².